The standard InChI is InChI=1S/C10H17NO2/c1-8(12)11-9(13)7-10(2)5-3-4-6-10/h3-7H2,1-2H3,(H,11,12,13). The molecule has 3 heteroatoms. The minimum atomic E-state index is -0.258. The topological polar surface area (TPSA) is 46.2 Å². The molecule has 0 saturated heterocycles. The Balaban J connectivity index is 2.38. The van der Waals surface area contributed by atoms with Gasteiger partial charge in [-0.3, -0.25) is 14.9 Å². The molecule has 1 aliphatic carbocycles. The second-order valence-corrected chi connectivity index (χ2v) is 4.30. The Bertz CT molecular complexity index is 217. The molecule has 0 aliphatic heterocycles. The van der Waals surface area contributed by atoms with E-state index in [9.17, 15) is 9.59 Å². The quantitative estimate of drug-likeness (QED) is 0.707. The molecule has 13 heavy (non-hydrogen) atoms. The first kappa shape index (κ1) is 10.2. The number of carbonyl (C=O) groups is 2. The molecule has 0 aromatic rings. The molecule has 0 atom stereocenters. The van der Waals surface area contributed by atoms with Crippen LogP contribution >= 0.6 is 0 Å². The van der Waals surface area contributed by atoms with Gasteiger partial charge in [-0.15, -0.1) is 0 Å². The maximum atomic E-state index is 11.3. The van der Waals surface area contributed by atoms with E-state index in [4.69, 9.17) is 0 Å². The molecule has 0 aromatic carbocycles. The number of imide groups is 1. The lowest BCUT2D eigenvalue weighted by molar-refractivity contribution is -0.130. The highest BCUT2D eigenvalue weighted by molar-refractivity contribution is 5.94. The van der Waals surface area contributed by atoms with E-state index in [2.05, 4.69) is 12.2 Å². The van der Waals surface area contributed by atoms with E-state index in [1.807, 2.05) is 0 Å². The Kier molecular flexibility index (Phi) is 3.07. The van der Waals surface area contributed by atoms with Crippen LogP contribution in [0.25, 0.3) is 0 Å². The summed E-state index contributed by atoms with van der Waals surface area (Å²) in [5.74, 6) is -0.386. The first-order chi connectivity index (χ1) is 6.02. The van der Waals surface area contributed by atoms with Gasteiger partial charge in [0.2, 0.25) is 11.8 Å². The number of rotatable bonds is 2. The highest BCUT2D eigenvalue weighted by Gasteiger charge is 2.31. The summed E-state index contributed by atoms with van der Waals surface area (Å²) in [6.07, 6.45) is 5.14. The second kappa shape index (κ2) is 3.90. The predicted molar refractivity (Wildman–Crippen MR) is 50.0 cm³/mol. The van der Waals surface area contributed by atoms with Crippen molar-refractivity contribution >= 4 is 11.8 Å². The number of carbonyl (C=O) groups excluding carboxylic acids is 2. The monoisotopic (exact) mass is 183 g/mol. The molecular formula is C10H17NO2. The van der Waals surface area contributed by atoms with Crippen LogP contribution in [0, 0.1) is 5.41 Å². The third-order valence-corrected chi connectivity index (χ3v) is 2.71. The normalized spacial score (nSPS) is 19.8. The van der Waals surface area contributed by atoms with E-state index < -0.39 is 0 Å². The van der Waals surface area contributed by atoms with Crippen LogP contribution in [-0.4, -0.2) is 11.8 Å². The minimum absolute atomic E-state index is 0.128. The van der Waals surface area contributed by atoms with Crippen molar-refractivity contribution in [2.75, 3.05) is 0 Å². The smallest absolute Gasteiger partial charge is 0.227 e. The molecular weight excluding hydrogens is 166 g/mol. The zero-order valence-electron chi connectivity index (χ0n) is 8.35. The van der Waals surface area contributed by atoms with Crippen molar-refractivity contribution in [3.8, 4) is 0 Å². The van der Waals surface area contributed by atoms with Gasteiger partial charge in [0.15, 0.2) is 0 Å². The summed E-state index contributed by atoms with van der Waals surface area (Å²) >= 11 is 0. The van der Waals surface area contributed by atoms with Gasteiger partial charge < -0.3 is 0 Å². The molecule has 1 rings (SSSR count). The molecule has 0 radical (unpaired) electrons. The molecule has 0 spiro atoms. The Hall–Kier alpha value is -0.860. The molecule has 0 aromatic heterocycles. The van der Waals surface area contributed by atoms with E-state index in [-0.39, 0.29) is 17.2 Å². The average Bonchev–Trinajstić information content (AvgIpc) is 2.33. The van der Waals surface area contributed by atoms with Crippen LogP contribution in [0.15, 0.2) is 0 Å². The van der Waals surface area contributed by atoms with Gasteiger partial charge >= 0.3 is 0 Å². The molecule has 0 heterocycles. The number of nitrogens with one attached hydrogen (secondary N) is 1. The Morgan fingerprint density at radius 1 is 1.31 bits per heavy atom. The number of hydrogen-bond acceptors (Lipinski definition) is 2. The van der Waals surface area contributed by atoms with Gasteiger partial charge in [0.25, 0.3) is 0 Å². The Labute approximate surface area is 78.9 Å². The third-order valence-electron chi connectivity index (χ3n) is 2.71. The van der Waals surface area contributed by atoms with Crippen LogP contribution < -0.4 is 5.32 Å². The van der Waals surface area contributed by atoms with Gasteiger partial charge in [0.1, 0.15) is 0 Å². The van der Waals surface area contributed by atoms with Crippen LogP contribution in [0.4, 0.5) is 0 Å². The summed E-state index contributed by atoms with van der Waals surface area (Å²) in [7, 11) is 0. The molecule has 74 valence electrons. The van der Waals surface area contributed by atoms with Gasteiger partial charge in [-0.2, -0.15) is 0 Å². The molecule has 1 aliphatic rings. The van der Waals surface area contributed by atoms with E-state index in [1.165, 1.54) is 19.8 Å². The van der Waals surface area contributed by atoms with Crippen molar-refractivity contribution in [2.24, 2.45) is 5.41 Å². The molecule has 2 amide bonds. The van der Waals surface area contributed by atoms with Crippen molar-refractivity contribution in [1.29, 1.82) is 0 Å². The van der Waals surface area contributed by atoms with Crippen LogP contribution in [-0.2, 0) is 9.59 Å². The zero-order valence-corrected chi connectivity index (χ0v) is 8.35. The highest BCUT2D eigenvalue weighted by Crippen LogP contribution is 2.40. The van der Waals surface area contributed by atoms with E-state index in [1.54, 1.807) is 0 Å². The lowest BCUT2D eigenvalue weighted by atomic mass is 9.85. The molecule has 0 unspecified atom stereocenters. The molecule has 1 saturated carbocycles. The van der Waals surface area contributed by atoms with Crippen molar-refractivity contribution in [3.63, 3.8) is 0 Å². The van der Waals surface area contributed by atoms with Gasteiger partial charge in [0.05, 0.1) is 0 Å². The Morgan fingerprint density at radius 2 is 1.85 bits per heavy atom. The largest absolute Gasteiger partial charge is 0.297 e. The fourth-order valence-electron chi connectivity index (χ4n) is 2.03. The van der Waals surface area contributed by atoms with Gasteiger partial charge in [-0.1, -0.05) is 19.8 Å². The highest BCUT2D eigenvalue weighted by atomic mass is 16.2. The SMILES string of the molecule is CC(=O)NC(=O)CC1(C)CCCC1. The van der Waals surface area contributed by atoms with Crippen LogP contribution in [0.5, 0.6) is 0 Å². The molecule has 1 fully saturated rings. The lowest BCUT2D eigenvalue weighted by Crippen LogP contribution is -2.32. The zero-order chi connectivity index (χ0) is 9.90. The van der Waals surface area contributed by atoms with Crippen molar-refractivity contribution < 1.29 is 9.59 Å². The minimum Gasteiger partial charge on any atom is -0.297 e. The molecule has 3 nitrogen and oxygen atoms in total. The van der Waals surface area contributed by atoms with Crippen LogP contribution in [0.3, 0.4) is 0 Å². The van der Waals surface area contributed by atoms with Crippen LogP contribution in [0.1, 0.15) is 46.0 Å². The number of amides is 2. The van der Waals surface area contributed by atoms with E-state index in [0.717, 1.165) is 12.8 Å². The van der Waals surface area contributed by atoms with Gasteiger partial charge in [0, 0.05) is 13.3 Å². The fourth-order valence-corrected chi connectivity index (χ4v) is 2.03. The summed E-state index contributed by atoms with van der Waals surface area (Å²) < 4.78 is 0. The number of hydrogen-bond donors (Lipinski definition) is 1. The fraction of sp³-hybridized carbons (Fsp3) is 0.800. The van der Waals surface area contributed by atoms with Crippen molar-refractivity contribution in [3.05, 3.63) is 0 Å². The van der Waals surface area contributed by atoms with Crippen molar-refractivity contribution in [2.45, 2.75) is 46.0 Å². The predicted octanol–water partition coefficient (Wildman–Crippen LogP) is 1.62. The van der Waals surface area contributed by atoms with E-state index >= 15 is 0 Å². The maximum absolute atomic E-state index is 11.3. The summed E-state index contributed by atoms with van der Waals surface area (Å²) in [6.45, 7) is 3.49. The average molecular weight is 183 g/mol. The summed E-state index contributed by atoms with van der Waals surface area (Å²) in [5.41, 5.74) is 0.138. The summed E-state index contributed by atoms with van der Waals surface area (Å²) in [4.78, 5) is 21.9. The summed E-state index contributed by atoms with van der Waals surface area (Å²) in [6, 6.07) is 0. The maximum Gasteiger partial charge on any atom is 0.227 e. The third kappa shape index (κ3) is 3.17. The van der Waals surface area contributed by atoms with Gasteiger partial charge in [-0.25, -0.2) is 0 Å². The van der Waals surface area contributed by atoms with Crippen LogP contribution in [0.2, 0.25) is 0 Å². The van der Waals surface area contributed by atoms with Crippen molar-refractivity contribution in [1.82, 2.24) is 5.32 Å². The van der Waals surface area contributed by atoms with E-state index in [0.29, 0.717) is 6.42 Å². The first-order valence-corrected chi connectivity index (χ1v) is 4.82. The first-order valence-electron chi connectivity index (χ1n) is 4.82. The molecule has 0 bridgehead atoms. The Morgan fingerprint density at radius 3 is 2.31 bits per heavy atom. The lowest BCUT2D eigenvalue weighted by Gasteiger charge is -2.21. The second-order valence-electron chi connectivity index (χ2n) is 4.30. The summed E-state index contributed by atoms with van der Waals surface area (Å²) in [5, 5.41) is 2.32. The molecule has 1 N–H and O–H groups in total. The van der Waals surface area contributed by atoms with Gasteiger partial charge in [-0.05, 0) is 18.3 Å².